The van der Waals surface area contributed by atoms with E-state index in [-0.39, 0.29) is 0 Å². The molecule has 0 rings (SSSR count). The van der Waals surface area contributed by atoms with E-state index in [1.807, 2.05) is 0 Å². The van der Waals surface area contributed by atoms with Gasteiger partial charge in [-0.1, -0.05) is 238 Å². The predicted octanol–water partition coefficient (Wildman–Crippen LogP) is 13.9. The monoisotopic (exact) mass is 609 g/mol. The molecular weight excluding hydrogens is 528 g/mol. The van der Waals surface area contributed by atoms with Gasteiger partial charge in [0.2, 0.25) is 0 Å². The van der Waals surface area contributed by atoms with E-state index in [1.165, 1.54) is 218 Å². The van der Waals surface area contributed by atoms with Crippen molar-refractivity contribution < 1.29 is 15.0 Å². The Hall–Kier alpha value is -0.570. The zero-order valence-electron chi connectivity index (χ0n) is 29.5. The maximum Gasteiger partial charge on any atom is 0.332 e. The van der Waals surface area contributed by atoms with Gasteiger partial charge in [-0.25, -0.2) is 4.79 Å². The standard InChI is InChI=1S/C40H80O3/c1-2-3-4-5-6-7-8-9-10-11-12-13-14-15-16-17-18-19-20-21-22-23-24-25-26-27-28-29-30-31-32-33-34-35-36-37-38-39(41)40(42)43/h39,41H,2-38H2,1H3,(H,42,43). The molecule has 3 heteroatoms. The molecule has 0 saturated carbocycles. The first-order valence-electron chi connectivity index (χ1n) is 20.1. The van der Waals surface area contributed by atoms with Gasteiger partial charge in [-0.3, -0.25) is 0 Å². The largest absolute Gasteiger partial charge is 0.479 e. The van der Waals surface area contributed by atoms with E-state index in [1.54, 1.807) is 0 Å². The molecule has 0 aliphatic rings. The molecule has 0 fully saturated rings. The maximum absolute atomic E-state index is 10.6. The van der Waals surface area contributed by atoms with Crippen LogP contribution in [0.1, 0.15) is 244 Å². The van der Waals surface area contributed by atoms with E-state index in [0.717, 1.165) is 12.8 Å². The van der Waals surface area contributed by atoms with Crippen molar-refractivity contribution in [2.24, 2.45) is 0 Å². The molecule has 1 unspecified atom stereocenters. The minimum atomic E-state index is -1.17. The Morgan fingerprint density at radius 1 is 0.349 bits per heavy atom. The molecule has 3 nitrogen and oxygen atoms in total. The number of carboxylic acid groups (broad SMARTS) is 1. The summed E-state index contributed by atoms with van der Waals surface area (Å²) in [7, 11) is 0. The Morgan fingerprint density at radius 2 is 0.512 bits per heavy atom. The number of aliphatic hydroxyl groups excluding tert-OH is 1. The van der Waals surface area contributed by atoms with Crippen molar-refractivity contribution in [3.63, 3.8) is 0 Å². The van der Waals surface area contributed by atoms with Crippen molar-refractivity contribution in [1.29, 1.82) is 0 Å². The Morgan fingerprint density at radius 3 is 0.674 bits per heavy atom. The van der Waals surface area contributed by atoms with Gasteiger partial charge in [0, 0.05) is 0 Å². The zero-order valence-corrected chi connectivity index (χ0v) is 29.5. The SMILES string of the molecule is CCCCCCCCCCCCCCCCCCCCCCCCCCCCCCCCCCCCCCC(O)C(=O)O. The van der Waals surface area contributed by atoms with E-state index in [9.17, 15) is 9.90 Å². The van der Waals surface area contributed by atoms with Crippen molar-refractivity contribution in [1.82, 2.24) is 0 Å². The van der Waals surface area contributed by atoms with Crippen LogP contribution in [-0.2, 0) is 4.79 Å². The van der Waals surface area contributed by atoms with Crippen LogP contribution in [0.2, 0.25) is 0 Å². The van der Waals surface area contributed by atoms with Crippen molar-refractivity contribution in [2.45, 2.75) is 251 Å². The number of rotatable bonds is 38. The van der Waals surface area contributed by atoms with Gasteiger partial charge in [0.1, 0.15) is 0 Å². The summed E-state index contributed by atoms with van der Waals surface area (Å²) in [6.07, 6.45) is 49.8. The lowest BCUT2D eigenvalue weighted by Crippen LogP contribution is -2.18. The molecule has 2 N–H and O–H groups in total. The summed E-state index contributed by atoms with van der Waals surface area (Å²) in [5.41, 5.74) is 0. The first-order chi connectivity index (χ1) is 21.2. The number of hydrogen-bond acceptors (Lipinski definition) is 2. The second-order valence-corrected chi connectivity index (χ2v) is 14.0. The van der Waals surface area contributed by atoms with Gasteiger partial charge in [-0.15, -0.1) is 0 Å². The fourth-order valence-electron chi connectivity index (χ4n) is 6.54. The molecule has 0 radical (unpaired) electrons. The smallest absolute Gasteiger partial charge is 0.332 e. The molecule has 0 aliphatic carbocycles. The third-order valence-electron chi connectivity index (χ3n) is 9.62. The molecule has 0 aromatic rings. The highest BCUT2D eigenvalue weighted by Crippen LogP contribution is 2.17. The summed E-state index contributed by atoms with van der Waals surface area (Å²) in [6.45, 7) is 2.30. The number of carbonyl (C=O) groups is 1. The molecule has 0 spiro atoms. The third kappa shape index (κ3) is 37.5. The van der Waals surface area contributed by atoms with Crippen molar-refractivity contribution >= 4 is 5.97 Å². The van der Waals surface area contributed by atoms with Crippen molar-refractivity contribution in [2.75, 3.05) is 0 Å². The van der Waals surface area contributed by atoms with Crippen LogP contribution in [0.3, 0.4) is 0 Å². The van der Waals surface area contributed by atoms with Crippen LogP contribution in [0.25, 0.3) is 0 Å². The van der Waals surface area contributed by atoms with Gasteiger partial charge in [-0.05, 0) is 6.42 Å². The minimum Gasteiger partial charge on any atom is -0.479 e. The number of aliphatic carboxylic acids is 1. The molecule has 0 saturated heterocycles. The number of carboxylic acids is 1. The molecule has 0 bridgehead atoms. The first kappa shape index (κ1) is 42.4. The predicted molar refractivity (Wildman–Crippen MR) is 190 cm³/mol. The van der Waals surface area contributed by atoms with Crippen LogP contribution in [0.4, 0.5) is 0 Å². The third-order valence-corrected chi connectivity index (χ3v) is 9.62. The number of hydrogen-bond donors (Lipinski definition) is 2. The van der Waals surface area contributed by atoms with Crippen LogP contribution < -0.4 is 0 Å². The summed E-state index contributed by atoms with van der Waals surface area (Å²) in [4.78, 5) is 10.6. The fourth-order valence-corrected chi connectivity index (χ4v) is 6.54. The Labute approximate surface area is 271 Å². The van der Waals surface area contributed by atoms with Crippen molar-refractivity contribution in [3.8, 4) is 0 Å². The van der Waals surface area contributed by atoms with E-state index in [2.05, 4.69) is 6.92 Å². The van der Waals surface area contributed by atoms with Crippen LogP contribution in [0.5, 0.6) is 0 Å². The average Bonchev–Trinajstić information content (AvgIpc) is 3.00. The van der Waals surface area contributed by atoms with Gasteiger partial charge >= 0.3 is 5.97 Å². The molecule has 258 valence electrons. The molecule has 0 amide bonds. The fraction of sp³-hybridized carbons (Fsp3) is 0.975. The molecule has 1 atom stereocenters. The van der Waals surface area contributed by atoms with Crippen LogP contribution >= 0.6 is 0 Å². The molecule has 0 aliphatic heterocycles. The van der Waals surface area contributed by atoms with Gasteiger partial charge in [0.15, 0.2) is 6.10 Å². The summed E-state index contributed by atoms with van der Waals surface area (Å²) < 4.78 is 0. The van der Waals surface area contributed by atoms with E-state index < -0.39 is 12.1 Å². The normalized spacial score (nSPS) is 12.2. The lowest BCUT2D eigenvalue weighted by Gasteiger charge is -2.05. The van der Waals surface area contributed by atoms with Gasteiger partial charge in [-0.2, -0.15) is 0 Å². The van der Waals surface area contributed by atoms with Crippen molar-refractivity contribution in [3.05, 3.63) is 0 Å². The lowest BCUT2D eigenvalue weighted by atomic mass is 10.0. The zero-order chi connectivity index (χ0) is 31.3. The average molecular weight is 609 g/mol. The van der Waals surface area contributed by atoms with Gasteiger partial charge in [0.25, 0.3) is 0 Å². The number of unbranched alkanes of at least 4 members (excludes halogenated alkanes) is 35. The van der Waals surface area contributed by atoms with Gasteiger partial charge in [0.05, 0.1) is 0 Å². The highest BCUT2D eigenvalue weighted by Gasteiger charge is 2.11. The second kappa shape index (κ2) is 37.6. The number of aliphatic hydroxyl groups is 1. The molecule has 0 aromatic carbocycles. The van der Waals surface area contributed by atoms with Crippen LogP contribution in [-0.4, -0.2) is 22.3 Å². The summed E-state index contributed by atoms with van der Waals surface area (Å²) in [6, 6.07) is 0. The quantitative estimate of drug-likeness (QED) is 0.0685. The highest BCUT2D eigenvalue weighted by atomic mass is 16.4. The Balaban J connectivity index is 3.06. The topological polar surface area (TPSA) is 57.5 Å². The second-order valence-electron chi connectivity index (χ2n) is 14.0. The Kier molecular flexibility index (Phi) is 37.1. The first-order valence-corrected chi connectivity index (χ1v) is 20.1. The van der Waals surface area contributed by atoms with Crippen LogP contribution in [0, 0.1) is 0 Å². The van der Waals surface area contributed by atoms with E-state index in [4.69, 9.17) is 5.11 Å². The molecule has 0 heterocycles. The minimum absolute atomic E-state index is 0.398. The highest BCUT2D eigenvalue weighted by molar-refractivity contribution is 5.71. The van der Waals surface area contributed by atoms with Crippen LogP contribution in [0.15, 0.2) is 0 Å². The maximum atomic E-state index is 10.6. The summed E-state index contributed by atoms with van der Waals surface area (Å²) in [5.74, 6) is -1.09. The lowest BCUT2D eigenvalue weighted by molar-refractivity contribution is -0.146. The summed E-state index contributed by atoms with van der Waals surface area (Å²) in [5, 5.41) is 17.9. The molecule has 0 aromatic heterocycles. The Bertz CT molecular complexity index is 520. The molecule has 43 heavy (non-hydrogen) atoms. The van der Waals surface area contributed by atoms with Gasteiger partial charge < -0.3 is 10.2 Å². The molecular formula is C40H80O3. The van der Waals surface area contributed by atoms with E-state index >= 15 is 0 Å². The summed E-state index contributed by atoms with van der Waals surface area (Å²) >= 11 is 0. The van der Waals surface area contributed by atoms with E-state index in [0.29, 0.717) is 6.42 Å².